The van der Waals surface area contributed by atoms with Crippen molar-refractivity contribution >= 4 is 11.8 Å². The van der Waals surface area contributed by atoms with E-state index in [9.17, 15) is 9.59 Å². The molecule has 0 saturated heterocycles. The van der Waals surface area contributed by atoms with Gasteiger partial charge in [0.15, 0.2) is 0 Å². The predicted octanol–water partition coefficient (Wildman–Crippen LogP) is 4.02. The molecule has 0 spiro atoms. The van der Waals surface area contributed by atoms with Crippen molar-refractivity contribution in [3.8, 4) is 0 Å². The van der Waals surface area contributed by atoms with Crippen LogP contribution in [-0.4, -0.2) is 11.8 Å². The molecule has 0 radical (unpaired) electrons. The number of primary amides is 2. The van der Waals surface area contributed by atoms with E-state index in [0.29, 0.717) is 0 Å². The Morgan fingerprint density at radius 2 is 0.897 bits per heavy atom. The normalized spacial score (nSPS) is 12.6. The molecule has 4 N–H and O–H groups in total. The van der Waals surface area contributed by atoms with Crippen LogP contribution in [0.25, 0.3) is 0 Å². The highest BCUT2D eigenvalue weighted by Crippen LogP contribution is 2.31. The minimum absolute atomic E-state index is 0.0256. The van der Waals surface area contributed by atoms with Gasteiger partial charge in [-0.05, 0) is 45.9 Å². The molecule has 0 aliphatic heterocycles. The second kappa shape index (κ2) is 8.02. The average molecular weight is 395 g/mol. The number of benzene rings is 2. The Labute approximate surface area is 174 Å². The minimum atomic E-state index is -1.47. The highest BCUT2D eigenvalue weighted by Gasteiger charge is 2.43. The van der Waals surface area contributed by atoms with Gasteiger partial charge in [0, 0.05) is 0 Å². The first-order chi connectivity index (χ1) is 13.3. The molecule has 0 aliphatic carbocycles. The molecule has 2 amide bonds. The van der Waals surface area contributed by atoms with Gasteiger partial charge in [-0.15, -0.1) is 0 Å². The van der Waals surface area contributed by atoms with Crippen molar-refractivity contribution in [1.29, 1.82) is 0 Å². The van der Waals surface area contributed by atoms with E-state index in [0.717, 1.165) is 11.1 Å². The molecule has 2 rings (SSSR count). The third-order valence-electron chi connectivity index (χ3n) is 5.60. The summed E-state index contributed by atoms with van der Waals surface area (Å²) in [6.45, 7) is 12.8. The van der Waals surface area contributed by atoms with E-state index < -0.39 is 17.2 Å². The molecule has 0 bridgehead atoms. The predicted molar refractivity (Wildman–Crippen MR) is 119 cm³/mol. The zero-order valence-electron chi connectivity index (χ0n) is 18.5. The van der Waals surface area contributed by atoms with Gasteiger partial charge >= 0.3 is 0 Å². The smallest absolute Gasteiger partial charge is 0.233 e. The SMILES string of the molecule is CC(C)(C)c1ccc(CC(Cc2ccc(C(C)(C)C)cc2)(C(N)=O)C(N)=O)cc1. The summed E-state index contributed by atoms with van der Waals surface area (Å²) in [6.07, 6.45) is 0.367. The average Bonchev–Trinajstić information content (AvgIpc) is 2.60. The van der Waals surface area contributed by atoms with Crippen molar-refractivity contribution in [3.05, 3.63) is 70.8 Å². The molecule has 4 nitrogen and oxygen atoms in total. The van der Waals surface area contributed by atoms with Gasteiger partial charge in [0.05, 0.1) is 0 Å². The van der Waals surface area contributed by atoms with Crippen molar-refractivity contribution in [2.75, 3.05) is 0 Å². The fourth-order valence-corrected chi connectivity index (χ4v) is 3.47. The molecule has 0 aromatic heterocycles. The first-order valence-corrected chi connectivity index (χ1v) is 10.0. The number of amides is 2. The number of carbonyl (C=O) groups excluding carboxylic acids is 2. The van der Waals surface area contributed by atoms with Crippen molar-refractivity contribution in [2.24, 2.45) is 16.9 Å². The lowest BCUT2D eigenvalue weighted by molar-refractivity contribution is -0.139. The zero-order chi connectivity index (χ0) is 22.0. The fourth-order valence-electron chi connectivity index (χ4n) is 3.47. The summed E-state index contributed by atoms with van der Waals surface area (Å²) >= 11 is 0. The van der Waals surface area contributed by atoms with Crippen LogP contribution >= 0.6 is 0 Å². The van der Waals surface area contributed by atoms with Gasteiger partial charge in [0.2, 0.25) is 11.8 Å². The molecule has 0 atom stereocenters. The monoisotopic (exact) mass is 394 g/mol. The van der Waals surface area contributed by atoms with Crippen LogP contribution in [0.2, 0.25) is 0 Å². The van der Waals surface area contributed by atoms with Gasteiger partial charge in [-0.3, -0.25) is 9.59 Å². The molecule has 0 saturated carbocycles. The summed E-state index contributed by atoms with van der Waals surface area (Å²) in [5.41, 5.74) is 14.1. The van der Waals surface area contributed by atoms with E-state index in [1.54, 1.807) is 0 Å². The Balaban J connectivity index is 2.36. The standard InChI is InChI=1S/C25H34N2O2/c1-23(2,3)19-11-7-17(8-12-19)15-25(21(26)28,22(27)29)16-18-9-13-20(14-10-18)24(4,5)6/h7-14H,15-16H2,1-6H3,(H2,26,28)(H2,27,29). The maximum atomic E-state index is 12.4. The van der Waals surface area contributed by atoms with E-state index >= 15 is 0 Å². The summed E-state index contributed by atoms with van der Waals surface area (Å²) in [7, 11) is 0. The summed E-state index contributed by atoms with van der Waals surface area (Å²) in [6, 6.07) is 15.9. The van der Waals surface area contributed by atoms with Crippen LogP contribution in [0.15, 0.2) is 48.5 Å². The van der Waals surface area contributed by atoms with Crippen LogP contribution in [0, 0.1) is 5.41 Å². The third-order valence-corrected chi connectivity index (χ3v) is 5.60. The Morgan fingerprint density at radius 3 is 1.10 bits per heavy atom. The lowest BCUT2D eigenvalue weighted by Gasteiger charge is -2.28. The van der Waals surface area contributed by atoms with Crippen LogP contribution in [0.3, 0.4) is 0 Å². The Morgan fingerprint density at radius 1 is 0.621 bits per heavy atom. The maximum absolute atomic E-state index is 12.4. The highest BCUT2D eigenvalue weighted by molar-refractivity contribution is 6.04. The molecule has 156 valence electrons. The largest absolute Gasteiger partial charge is 0.369 e. The summed E-state index contributed by atoms with van der Waals surface area (Å²) < 4.78 is 0. The van der Waals surface area contributed by atoms with Gasteiger partial charge in [-0.25, -0.2) is 0 Å². The van der Waals surface area contributed by atoms with Gasteiger partial charge in [-0.2, -0.15) is 0 Å². The van der Waals surface area contributed by atoms with Gasteiger partial charge in [0.1, 0.15) is 5.41 Å². The molecule has 29 heavy (non-hydrogen) atoms. The molecule has 2 aromatic rings. The van der Waals surface area contributed by atoms with E-state index in [2.05, 4.69) is 41.5 Å². The van der Waals surface area contributed by atoms with E-state index in [1.807, 2.05) is 48.5 Å². The van der Waals surface area contributed by atoms with Crippen molar-refractivity contribution in [2.45, 2.75) is 65.2 Å². The second-order valence-electron chi connectivity index (χ2n) is 10.1. The topological polar surface area (TPSA) is 86.2 Å². The number of carbonyl (C=O) groups is 2. The van der Waals surface area contributed by atoms with Crippen molar-refractivity contribution < 1.29 is 9.59 Å². The summed E-state index contributed by atoms with van der Waals surface area (Å²) in [5.74, 6) is -1.38. The minimum Gasteiger partial charge on any atom is -0.369 e. The summed E-state index contributed by atoms with van der Waals surface area (Å²) in [5, 5.41) is 0. The molecule has 4 heteroatoms. The molecule has 0 fully saturated rings. The van der Waals surface area contributed by atoms with E-state index in [-0.39, 0.29) is 23.7 Å². The van der Waals surface area contributed by atoms with Crippen LogP contribution in [0.5, 0.6) is 0 Å². The number of hydrogen-bond acceptors (Lipinski definition) is 2. The van der Waals surface area contributed by atoms with Gasteiger partial charge in [0.25, 0.3) is 0 Å². The van der Waals surface area contributed by atoms with Gasteiger partial charge < -0.3 is 11.5 Å². The summed E-state index contributed by atoms with van der Waals surface area (Å²) in [4.78, 5) is 24.9. The fraction of sp³-hybridized carbons (Fsp3) is 0.440. The lowest BCUT2D eigenvalue weighted by Crippen LogP contribution is -2.50. The van der Waals surface area contributed by atoms with Crippen LogP contribution in [0.4, 0.5) is 0 Å². The van der Waals surface area contributed by atoms with Gasteiger partial charge in [-0.1, -0.05) is 90.1 Å². The lowest BCUT2D eigenvalue weighted by atomic mass is 9.74. The third kappa shape index (κ3) is 5.26. The zero-order valence-corrected chi connectivity index (χ0v) is 18.5. The first-order valence-electron chi connectivity index (χ1n) is 10.0. The molecule has 2 aromatic carbocycles. The molecule has 0 heterocycles. The first kappa shape index (κ1) is 22.7. The quantitative estimate of drug-likeness (QED) is 0.725. The van der Waals surface area contributed by atoms with E-state index in [1.165, 1.54) is 11.1 Å². The Bertz CT molecular complexity index is 792. The van der Waals surface area contributed by atoms with Crippen LogP contribution in [-0.2, 0) is 33.3 Å². The molecular weight excluding hydrogens is 360 g/mol. The van der Waals surface area contributed by atoms with Crippen molar-refractivity contribution in [3.63, 3.8) is 0 Å². The number of hydrogen-bond donors (Lipinski definition) is 2. The van der Waals surface area contributed by atoms with Crippen LogP contribution < -0.4 is 11.5 Å². The Hall–Kier alpha value is -2.62. The molecule has 0 aliphatic rings. The number of rotatable bonds is 6. The van der Waals surface area contributed by atoms with Crippen LogP contribution in [0.1, 0.15) is 63.8 Å². The maximum Gasteiger partial charge on any atom is 0.233 e. The molecule has 0 unspecified atom stereocenters. The second-order valence-corrected chi connectivity index (χ2v) is 10.1. The van der Waals surface area contributed by atoms with Crippen molar-refractivity contribution in [1.82, 2.24) is 0 Å². The number of nitrogens with two attached hydrogens (primary N) is 2. The highest BCUT2D eigenvalue weighted by atomic mass is 16.2. The molecular formula is C25H34N2O2. The Kier molecular flexibility index (Phi) is 6.27. The van der Waals surface area contributed by atoms with E-state index in [4.69, 9.17) is 11.5 Å².